The van der Waals surface area contributed by atoms with Gasteiger partial charge in [0.2, 0.25) is 5.91 Å². The first-order chi connectivity index (χ1) is 19.6. The molecule has 1 unspecified atom stereocenters. The molecule has 3 aromatic carbocycles. The minimum absolute atomic E-state index is 0.0409. The molecule has 6 nitrogen and oxygen atoms in total. The molecule has 0 bridgehead atoms. The average Bonchev–Trinajstić information content (AvgIpc) is 3.75. The molecule has 0 spiro atoms. The van der Waals surface area contributed by atoms with Crippen LogP contribution in [-0.4, -0.2) is 53.6 Å². The molecule has 218 valence electrons. The van der Waals surface area contributed by atoms with E-state index in [1.807, 2.05) is 55.5 Å². The van der Waals surface area contributed by atoms with Gasteiger partial charge in [-0.05, 0) is 66.8 Å². The van der Waals surface area contributed by atoms with Crippen LogP contribution in [0, 0.1) is 5.92 Å². The molecule has 5 rings (SSSR count). The number of benzene rings is 3. The third-order valence-corrected chi connectivity index (χ3v) is 9.14. The molecule has 0 aromatic heterocycles. The van der Waals surface area contributed by atoms with Crippen LogP contribution in [0.15, 0.2) is 78.9 Å². The molecule has 1 saturated heterocycles. The van der Waals surface area contributed by atoms with E-state index in [4.69, 9.17) is 28.3 Å². The van der Waals surface area contributed by atoms with Crippen molar-refractivity contribution in [3.63, 3.8) is 0 Å². The SMILES string of the molecule is CC(=O)NC1(c2ccccc2)CCN(C[C@@H]2C[C@@H]2c2ccc(Cl)c(Cl)c2)CC1.CC(c1ccccc1)N(C)C(=O)O. The largest absolute Gasteiger partial charge is 0.465 e. The van der Waals surface area contributed by atoms with Gasteiger partial charge in [0.25, 0.3) is 0 Å². The lowest BCUT2D eigenvalue weighted by Gasteiger charge is -2.43. The van der Waals surface area contributed by atoms with Crippen molar-refractivity contribution in [3.8, 4) is 0 Å². The second kappa shape index (κ2) is 13.7. The molecule has 2 amide bonds. The van der Waals surface area contributed by atoms with Gasteiger partial charge in [0.05, 0.1) is 21.6 Å². The molecule has 1 heterocycles. The molecular weight excluding hydrogens is 557 g/mol. The zero-order valence-corrected chi connectivity index (χ0v) is 25.4. The van der Waals surface area contributed by atoms with Gasteiger partial charge in [-0.15, -0.1) is 0 Å². The molecule has 1 saturated carbocycles. The third kappa shape index (κ3) is 8.03. The smallest absolute Gasteiger partial charge is 0.407 e. The lowest BCUT2D eigenvalue weighted by molar-refractivity contribution is -0.121. The second-order valence-electron chi connectivity index (χ2n) is 11.2. The Morgan fingerprint density at radius 1 is 1.00 bits per heavy atom. The van der Waals surface area contributed by atoms with Gasteiger partial charge in [0.1, 0.15) is 0 Å². The number of amides is 2. The topological polar surface area (TPSA) is 72.9 Å². The Morgan fingerprint density at radius 3 is 2.17 bits per heavy atom. The van der Waals surface area contributed by atoms with Crippen molar-refractivity contribution in [2.75, 3.05) is 26.7 Å². The minimum atomic E-state index is -0.906. The van der Waals surface area contributed by atoms with Crippen LogP contribution < -0.4 is 5.32 Å². The van der Waals surface area contributed by atoms with Crippen molar-refractivity contribution < 1.29 is 14.7 Å². The monoisotopic (exact) mass is 595 g/mol. The fourth-order valence-electron chi connectivity index (χ4n) is 5.75. The van der Waals surface area contributed by atoms with Gasteiger partial charge in [-0.1, -0.05) is 89.9 Å². The van der Waals surface area contributed by atoms with E-state index in [2.05, 4.69) is 40.5 Å². The maximum absolute atomic E-state index is 11.9. The molecule has 0 radical (unpaired) electrons. The van der Waals surface area contributed by atoms with Crippen LogP contribution >= 0.6 is 23.2 Å². The normalized spacial score (nSPS) is 20.2. The molecule has 3 aromatic rings. The van der Waals surface area contributed by atoms with Crippen molar-refractivity contribution >= 4 is 35.2 Å². The van der Waals surface area contributed by atoms with Crippen LogP contribution in [0.1, 0.15) is 61.8 Å². The van der Waals surface area contributed by atoms with Gasteiger partial charge < -0.3 is 20.2 Å². The van der Waals surface area contributed by atoms with Gasteiger partial charge in [-0.3, -0.25) is 4.79 Å². The van der Waals surface area contributed by atoms with Crippen LogP contribution in [-0.2, 0) is 10.3 Å². The van der Waals surface area contributed by atoms with Crippen molar-refractivity contribution in [1.82, 2.24) is 15.1 Å². The van der Waals surface area contributed by atoms with Gasteiger partial charge in [0.15, 0.2) is 0 Å². The standard InChI is InChI=1S/C23H26Cl2N2O.C10H13NO2/c1-16(28)26-23(19-5-3-2-4-6-19)9-11-27(12-10-23)15-18-13-20(18)17-7-8-21(24)22(25)14-17;1-8(11(2)10(12)13)9-6-4-3-5-7-9/h2-8,14,18,20H,9-13,15H2,1H3,(H,26,28);3-8H,1-2H3,(H,12,13)/t18-,20+;/m0./s1. The summed E-state index contributed by atoms with van der Waals surface area (Å²) < 4.78 is 0. The summed E-state index contributed by atoms with van der Waals surface area (Å²) in [4.78, 5) is 26.3. The summed E-state index contributed by atoms with van der Waals surface area (Å²) in [7, 11) is 1.57. The summed E-state index contributed by atoms with van der Waals surface area (Å²) >= 11 is 12.2. The Labute approximate surface area is 253 Å². The maximum Gasteiger partial charge on any atom is 0.407 e. The number of carbonyl (C=O) groups is 2. The van der Waals surface area contributed by atoms with Crippen molar-refractivity contribution in [3.05, 3.63) is 106 Å². The first-order valence-electron chi connectivity index (χ1n) is 14.1. The summed E-state index contributed by atoms with van der Waals surface area (Å²) in [5.74, 6) is 1.31. The van der Waals surface area contributed by atoms with E-state index in [0.717, 1.165) is 38.0 Å². The Hall–Kier alpha value is -3.06. The fraction of sp³-hybridized carbons (Fsp3) is 0.394. The molecular formula is C33H39Cl2N3O3. The molecule has 1 aliphatic carbocycles. The summed E-state index contributed by atoms with van der Waals surface area (Å²) in [6, 6.07) is 25.9. The number of likely N-dealkylation sites (tertiary alicyclic amines) is 1. The number of hydrogen-bond acceptors (Lipinski definition) is 3. The molecule has 41 heavy (non-hydrogen) atoms. The minimum Gasteiger partial charge on any atom is -0.465 e. The van der Waals surface area contributed by atoms with Crippen LogP contribution in [0.25, 0.3) is 0 Å². The van der Waals surface area contributed by atoms with Gasteiger partial charge >= 0.3 is 6.09 Å². The third-order valence-electron chi connectivity index (χ3n) is 8.40. The number of piperidine rings is 1. The number of hydrogen-bond donors (Lipinski definition) is 2. The predicted molar refractivity (Wildman–Crippen MR) is 166 cm³/mol. The first-order valence-corrected chi connectivity index (χ1v) is 14.9. The van der Waals surface area contributed by atoms with Gasteiger partial charge in [-0.25, -0.2) is 4.79 Å². The van der Waals surface area contributed by atoms with E-state index in [0.29, 0.717) is 21.9 Å². The lowest BCUT2D eigenvalue weighted by Crippen LogP contribution is -2.52. The Morgan fingerprint density at radius 2 is 1.61 bits per heavy atom. The van der Waals surface area contributed by atoms with Crippen LogP contribution in [0.5, 0.6) is 0 Å². The highest BCUT2D eigenvalue weighted by atomic mass is 35.5. The zero-order chi connectivity index (χ0) is 29.6. The highest BCUT2D eigenvalue weighted by Gasteiger charge is 2.42. The average molecular weight is 597 g/mol. The predicted octanol–water partition coefficient (Wildman–Crippen LogP) is 7.58. The molecule has 2 fully saturated rings. The van der Waals surface area contributed by atoms with E-state index >= 15 is 0 Å². The summed E-state index contributed by atoms with van der Waals surface area (Å²) in [6.07, 6.45) is 2.20. The van der Waals surface area contributed by atoms with Crippen LogP contribution in [0.4, 0.5) is 4.79 Å². The summed E-state index contributed by atoms with van der Waals surface area (Å²) in [5, 5.41) is 13.3. The van der Waals surface area contributed by atoms with E-state index in [9.17, 15) is 9.59 Å². The number of nitrogens with one attached hydrogen (secondary N) is 1. The Kier molecular flexibility index (Phi) is 10.3. The highest BCUT2D eigenvalue weighted by Crippen LogP contribution is 2.49. The van der Waals surface area contributed by atoms with E-state index in [1.165, 1.54) is 22.4 Å². The Balaban J connectivity index is 0.000000251. The maximum atomic E-state index is 11.9. The number of nitrogens with zero attached hydrogens (tertiary/aromatic N) is 2. The van der Waals surface area contributed by atoms with Crippen molar-refractivity contribution in [2.45, 2.75) is 50.6 Å². The lowest BCUT2D eigenvalue weighted by atomic mass is 9.80. The molecule has 1 aliphatic heterocycles. The van der Waals surface area contributed by atoms with Gasteiger partial charge in [0, 0.05) is 33.6 Å². The number of halogens is 2. The van der Waals surface area contributed by atoms with E-state index in [-0.39, 0.29) is 17.5 Å². The Bertz CT molecular complexity index is 1310. The van der Waals surface area contributed by atoms with Crippen LogP contribution in [0.3, 0.4) is 0 Å². The first kappa shape index (κ1) is 30.9. The molecule has 2 aliphatic rings. The van der Waals surface area contributed by atoms with E-state index in [1.54, 1.807) is 14.0 Å². The summed E-state index contributed by atoms with van der Waals surface area (Å²) in [6.45, 7) is 6.59. The quantitative estimate of drug-likeness (QED) is 0.295. The van der Waals surface area contributed by atoms with Crippen LogP contribution in [0.2, 0.25) is 10.0 Å². The second-order valence-corrected chi connectivity index (χ2v) is 12.0. The molecule has 3 atom stereocenters. The number of carbonyl (C=O) groups excluding carboxylic acids is 1. The molecule has 2 N–H and O–H groups in total. The van der Waals surface area contributed by atoms with Crippen molar-refractivity contribution in [2.24, 2.45) is 5.92 Å². The van der Waals surface area contributed by atoms with Gasteiger partial charge in [-0.2, -0.15) is 0 Å². The number of rotatable bonds is 7. The van der Waals surface area contributed by atoms with Crippen molar-refractivity contribution in [1.29, 1.82) is 0 Å². The molecule has 8 heteroatoms. The summed E-state index contributed by atoms with van der Waals surface area (Å²) in [5.41, 5.74) is 3.28. The number of carboxylic acid groups (broad SMARTS) is 1. The van der Waals surface area contributed by atoms with E-state index < -0.39 is 6.09 Å². The highest BCUT2D eigenvalue weighted by molar-refractivity contribution is 6.42. The fourth-order valence-corrected chi connectivity index (χ4v) is 6.06. The zero-order valence-electron chi connectivity index (χ0n) is 23.9.